The van der Waals surface area contributed by atoms with Crippen LogP contribution in [-0.4, -0.2) is 22.5 Å². The first-order valence-corrected chi connectivity index (χ1v) is 3.66. The van der Waals surface area contributed by atoms with Crippen molar-refractivity contribution in [3.8, 4) is 6.07 Å². The van der Waals surface area contributed by atoms with Gasteiger partial charge in [-0.1, -0.05) is 0 Å². The zero-order valence-corrected chi connectivity index (χ0v) is 7.02. The van der Waals surface area contributed by atoms with Crippen LogP contribution < -0.4 is 0 Å². The number of esters is 1. The molecule has 13 heavy (non-hydrogen) atoms. The van der Waals surface area contributed by atoms with Crippen LogP contribution in [0.4, 0.5) is 0 Å². The van der Waals surface area contributed by atoms with Crippen molar-refractivity contribution in [2.75, 3.05) is 6.61 Å². The molecule has 0 fully saturated rings. The average molecular weight is 177 g/mol. The molecule has 1 aromatic heterocycles. The highest BCUT2D eigenvalue weighted by Gasteiger charge is 2.12. The van der Waals surface area contributed by atoms with E-state index in [0.717, 1.165) is 0 Å². The highest BCUT2D eigenvalue weighted by molar-refractivity contribution is 5.91. The van der Waals surface area contributed by atoms with Crippen LogP contribution in [-0.2, 0) is 4.74 Å². The summed E-state index contributed by atoms with van der Waals surface area (Å²) < 4.78 is 4.70. The minimum atomic E-state index is -0.570. The lowest BCUT2D eigenvalue weighted by Crippen LogP contribution is -2.08. The Bertz CT molecular complexity index is 357. The fourth-order valence-corrected chi connectivity index (χ4v) is 0.777. The van der Waals surface area contributed by atoms with Crippen molar-refractivity contribution in [2.24, 2.45) is 0 Å². The van der Waals surface area contributed by atoms with Gasteiger partial charge >= 0.3 is 5.97 Å². The number of hydrogen-bond acceptors (Lipinski definition) is 5. The van der Waals surface area contributed by atoms with Crippen molar-refractivity contribution in [1.82, 2.24) is 9.97 Å². The first-order chi connectivity index (χ1) is 6.29. The molecular formula is C8H7N3O2. The largest absolute Gasteiger partial charge is 0.462 e. The molecule has 5 nitrogen and oxygen atoms in total. The number of hydrogen-bond donors (Lipinski definition) is 0. The van der Waals surface area contributed by atoms with Gasteiger partial charge in [0.2, 0.25) is 0 Å². The number of nitrogens with zero attached hydrogens (tertiary/aromatic N) is 3. The van der Waals surface area contributed by atoms with E-state index in [2.05, 4.69) is 9.97 Å². The Hall–Kier alpha value is -1.96. The van der Waals surface area contributed by atoms with Crippen LogP contribution in [0.15, 0.2) is 12.5 Å². The summed E-state index contributed by atoms with van der Waals surface area (Å²) in [6.07, 6.45) is 2.48. The van der Waals surface area contributed by atoms with E-state index < -0.39 is 5.97 Å². The van der Waals surface area contributed by atoms with Gasteiger partial charge in [0.15, 0.2) is 5.69 Å². The Balaban J connectivity index is 3.01. The summed E-state index contributed by atoms with van der Waals surface area (Å²) in [4.78, 5) is 18.4. The number of carbonyl (C=O) groups is 1. The molecule has 0 aliphatic rings. The standard InChI is InChI=1S/C8H7N3O2/c1-2-13-8(12)6-4-10-5-11-7(6)3-9/h4-5H,2H2,1H3. The molecule has 1 heterocycles. The van der Waals surface area contributed by atoms with Gasteiger partial charge in [0, 0.05) is 6.20 Å². The van der Waals surface area contributed by atoms with Crippen molar-refractivity contribution in [3.63, 3.8) is 0 Å². The average Bonchev–Trinajstić information content (AvgIpc) is 2.18. The van der Waals surface area contributed by atoms with Gasteiger partial charge in [-0.15, -0.1) is 0 Å². The Morgan fingerprint density at radius 2 is 2.54 bits per heavy atom. The molecule has 5 heteroatoms. The third-order valence-electron chi connectivity index (χ3n) is 1.31. The minimum Gasteiger partial charge on any atom is -0.462 e. The maximum Gasteiger partial charge on any atom is 0.342 e. The second-order valence-corrected chi connectivity index (χ2v) is 2.12. The summed E-state index contributed by atoms with van der Waals surface area (Å²) in [5, 5.41) is 8.59. The van der Waals surface area contributed by atoms with Crippen molar-refractivity contribution in [1.29, 1.82) is 5.26 Å². The molecule has 0 saturated carbocycles. The van der Waals surface area contributed by atoms with Crippen LogP contribution in [0, 0.1) is 11.3 Å². The molecule has 66 valence electrons. The van der Waals surface area contributed by atoms with Gasteiger partial charge in [-0.3, -0.25) is 0 Å². The summed E-state index contributed by atoms with van der Waals surface area (Å²) in [7, 11) is 0. The van der Waals surface area contributed by atoms with E-state index in [9.17, 15) is 4.79 Å². The number of carbonyl (C=O) groups excluding carboxylic acids is 1. The lowest BCUT2D eigenvalue weighted by Gasteiger charge is -2.00. The number of ether oxygens (including phenoxy) is 1. The molecule has 0 atom stereocenters. The zero-order chi connectivity index (χ0) is 9.68. The summed E-state index contributed by atoms with van der Waals surface area (Å²) >= 11 is 0. The van der Waals surface area contributed by atoms with Gasteiger partial charge in [0.1, 0.15) is 18.0 Å². The van der Waals surface area contributed by atoms with Crippen LogP contribution in [0.5, 0.6) is 0 Å². The Kier molecular flexibility index (Phi) is 2.92. The Labute approximate surface area is 75.0 Å². The minimum absolute atomic E-state index is 0.0356. The van der Waals surface area contributed by atoms with E-state index >= 15 is 0 Å². The summed E-state index contributed by atoms with van der Waals surface area (Å²) in [5.41, 5.74) is 0.139. The molecule has 0 N–H and O–H groups in total. The monoisotopic (exact) mass is 177 g/mol. The molecule has 1 rings (SSSR count). The van der Waals surface area contributed by atoms with Gasteiger partial charge in [-0.25, -0.2) is 14.8 Å². The molecule has 0 bridgehead atoms. The van der Waals surface area contributed by atoms with E-state index in [1.807, 2.05) is 0 Å². The Morgan fingerprint density at radius 1 is 1.77 bits per heavy atom. The lowest BCUT2D eigenvalue weighted by molar-refractivity contribution is 0.0525. The SMILES string of the molecule is CCOC(=O)c1cncnc1C#N. The second-order valence-electron chi connectivity index (χ2n) is 2.12. The molecule has 0 spiro atoms. The van der Waals surface area contributed by atoms with Crippen molar-refractivity contribution < 1.29 is 9.53 Å². The fourth-order valence-electron chi connectivity index (χ4n) is 0.777. The molecule has 0 radical (unpaired) electrons. The predicted octanol–water partition coefficient (Wildman–Crippen LogP) is 0.525. The van der Waals surface area contributed by atoms with Gasteiger partial charge in [0.25, 0.3) is 0 Å². The maximum absolute atomic E-state index is 11.2. The maximum atomic E-state index is 11.2. The van der Waals surface area contributed by atoms with Crippen molar-refractivity contribution >= 4 is 5.97 Å². The van der Waals surface area contributed by atoms with Gasteiger partial charge in [-0.05, 0) is 6.92 Å². The van der Waals surface area contributed by atoms with Crippen LogP contribution >= 0.6 is 0 Å². The summed E-state index contributed by atoms with van der Waals surface area (Å²) in [6, 6.07) is 1.78. The molecule has 0 aromatic carbocycles. The van der Waals surface area contributed by atoms with E-state index in [1.54, 1.807) is 13.0 Å². The fraction of sp³-hybridized carbons (Fsp3) is 0.250. The second kappa shape index (κ2) is 4.16. The van der Waals surface area contributed by atoms with Crippen LogP contribution in [0.2, 0.25) is 0 Å². The summed E-state index contributed by atoms with van der Waals surface area (Å²) in [6.45, 7) is 1.95. The van der Waals surface area contributed by atoms with Crippen molar-refractivity contribution in [2.45, 2.75) is 6.92 Å². The van der Waals surface area contributed by atoms with Crippen LogP contribution in [0.1, 0.15) is 23.0 Å². The number of nitriles is 1. The number of aromatic nitrogens is 2. The van der Waals surface area contributed by atoms with E-state index in [1.165, 1.54) is 12.5 Å². The molecule has 0 unspecified atom stereocenters. The normalized spacial score (nSPS) is 8.92. The molecule has 0 amide bonds. The summed E-state index contributed by atoms with van der Waals surface area (Å²) in [5.74, 6) is -0.570. The smallest absolute Gasteiger partial charge is 0.342 e. The molecule has 0 aliphatic carbocycles. The highest BCUT2D eigenvalue weighted by atomic mass is 16.5. The molecule has 0 aliphatic heterocycles. The van der Waals surface area contributed by atoms with E-state index in [4.69, 9.17) is 10.00 Å². The van der Waals surface area contributed by atoms with Gasteiger partial charge in [-0.2, -0.15) is 5.26 Å². The molecular weight excluding hydrogens is 170 g/mol. The van der Waals surface area contributed by atoms with Crippen molar-refractivity contribution in [3.05, 3.63) is 23.8 Å². The predicted molar refractivity (Wildman–Crippen MR) is 42.7 cm³/mol. The van der Waals surface area contributed by atoms with Crippen LogP contribution in [0.3, 0.4) is 0 Å². The van der Waals surface area contributed by atoms with E-state index in [-0.39, 0.29) is 17.9 Å². The quantitative estimate of drug-likeness (QED) is 0.615. The van der Waals surface area contributed by atoms with Gasteiger partial charge < -0.3 is 4.74 Å². The lowest BCUT2D eigenvalue weighted by atomic mass is 10.2. The number of rotatable bonds is 2. The first kappa shape index (κ1) is 9.13. The molecule has 0 saturated heterocycles. The first-order valence-electron chi connectivity index (χ1n) is 3.66. The van der Waals surface area contributed by atoms with E-state index in [0.29, 0.717) is 0 Å². The highest BCUT2D eigenvalue weighted by Crippen LogP contribution is 2.03. The molecule has 1 aromatic rings. The third-order valence-corrected chi connectivity index (χ3v) is 1.31. The Morgan fingerprint density at radius 3 is 3.15 bits per heavy atom. The zero-order valence-electron chi connectivity index (χ0n) is 7.02. The third kappa shape index (κ3) is 1.99. The topological polar surface area (TPSA) is 75.9 Å². The van der Waals surface area contributed by atoms with Gasteiger partial charge in [0.05, 0.1) is 6.61 Å². The van der Waals surface area contributed by atoms with Crippen LogP contribution in [0.25, 0.3) is 0 Å².